The predicted octanol–water partition coefficient (Wildman–Crippen LogP) is 2.67. The number of nitrogens with one attached hydrogen (secondary N) is 1. The van der Waals surface area contributed by atoms with Gasteiger partial charge in [0.25, 0.3) is 5.56 Å². The minimum atomic E-state index is 0.0595. The summed E-state index contributed by atoms with van der Waals surface area (Å²) in [4.78, 5) is 12.1. The van der Waals surface area contributed by atoms with Crippen LogP contribution >= 0.6 is 0 Å². The average molecular weight is 230 g/mol. The SMILES string of the molecule is Cc1cccc(-n2[nH]cc(CC(C)C)c2=O)c1. The summed E-state index contributed by atoms with van der Waals surface area (Å²) in [7, 11) is 0. The first-order valence-electron chi connectivity index (χ1n) is 5.94. The van der Waals surface area contributed by atoms with Crippen LogP contribution in [-0.2, 0) is 6.42 Å². The molecule has 2 rings (SSSR count). The first kappa shape index (κ1) is 11.7. The molecule has 0 amide bonds. The maximum absolute atomic E-state index is 12.1. The zero-order valence-corrected chi connectivity index (χ0v) is 10.5. The van der Waals surface area contributed by atoms with Crippen LogP contribution in [0.25, 0.3) is 5.69 Å². The van der Waals surface area contributed by atoms with E-state index in [1.54, 1.807) is 4.68 Å². The van der Waals surface area contributed by atoms with Crippen molar-refractivity contribution in [3.05, 3.63) is 51.9 Å². The highest BCUT2D eigenvalue weighted by Gasteiger charge is 2.09. The van der Waals surface area contributed by atoms with E-state index in [0.717, 1.165) is 23.2 Å². The van der Waals surface area contributed by atoms with Gasteiger partial charge < -0.3 is 0 Å². The molecule has 1 heterocycles. The second-order valence-electron chi connectivity index (χ2n) is 4.88. The van der Waals surface area contributed by atoms with Gasteiger partial charge in [-0.15, -0.1) is 0 Å². The number of aryl methyl sites for hydroxylation is 1. The number of benzene rings is 1. The molecule has 1 aromatic carbocycles. The van der Waals surface area contributed by atoms with E-state index in [-0.39, 0.29) is 5.56 Å². The normalized spacial score (nSPS) is 11.1. The standard InChI is InChI=1S/C14H18N2O/c1-10(2)7-12-9-15-16(14(12)17)13-6-4-5-11(3)8-13/h4-6,8-10,15H,7H2,1-3H3. The molecule has 0 aliphatic heterocycles. The maximum Gasteiger partial charge on any atom is 0.274 e. The summed E-state index contributed by atoms with van der Waals surface area (Å²) in [5.41, 5.74) is 2.95. The van der Waals surface area contributed by atoms with Crippen LogP contribution in [0.5, 0.6) is 0 Å². The van der Waals surface area contributed by atoms with Gasteiger partial charge in [0.05, 0.1) is 5.69 Å². The topological polar surface area (TPSA) is 37.8 Å². The van der Waals surface area contributed by atoms with Crippen LogP contribution < -0.4 is 5.56 Å². The van der Waals surface area contributed by atoms with Gasteiger partial charge in [-0.1, -0.05) is 26.0 Å². The fourth-order valence-electron chi connectivity index (χ4n) is 1.95. The van der Waals surface area contributed by atoms with Gasteiger partial charge in [-0.25, -0.2) is 4.68 Å². The van der Waals surface area contributed by atoms with Crippen molar-refractivity contribution in [3.8, 4) is 5.69 Å². The molecule has 0 fully saturated rings. The third kappa shape index (κ3) is 2.49. The summed E-state index contributed by atoms with van der Waals surface area (Å²) in [6, 6.07) is 7.91. The zero-order chi connectivity index (χ0) is 12.4. The largest absolute Gasteiger partial charge is 0.298 e. The van der Waals surface area contributed by atoms with Crippen LogP contribution in [0.15, 0.2) is 35.3 Å². The molecule has 90 valence electrons. The Hall–Kier alpha value is -1.77. The molecule has 0 spiro atoms. The summed E-state index contributed by atoms with van der Waals surface area (Å²) in [6.07, 6.45) is 2.62. The van der Waals surface area contributed by atoms with E-state index in [4.69, 9.17) is 0 Å². The first-order chi connectivity index (χ1) is 8.08. The molecular formula is C14H18N2O. The molecule has 17 heavy (non-hydrogen) atoms. The van der Waals surface area contributed by atoms with Crippen LogP contribution in [0.3, 0.4) is 0 Å². The number of nitrogens with zero attached hydrogens (tertiary/aromatic N) is 1. The van der Waals surface area contributed by atoms with Gasteiger partial charge in [0.1, 0.15) is 0 Å². The molecule has 3 heteroatoms. The average Bonchev–Trinajstić information content (AvgIpc) is 2.60. The number of aromatic nitrogens is 2. The van der Waals surface area contributed by atoms with Gasteiger partial charge in [0.15, 0.2) is 0 Å². The molecule has 1 N–H and O–H groups in total. The van der Waals surface area contributed by atoms with Crippen LogP contribution in [-0.4, -0.2) is 9.78 Å². The summed E-state index contributed by atoms with van der Waals surface area (Å²) in [5, 5.41) is 3.03. The second-order valence-corrected chi connectivity index (χ2v) is 4.88. The van der Waals surface area contributed by atoms with Crippen LogP contribution in [0, 0.1) is 12.8 Å². The third-order valence-corrected chi connectivity index (χ3v) is 2.73. The van der Waals surface area contributed by atoms with Crippen molar-refractivity contribution in [1.82, 2.24) is 9.78 Å². The molecule has 0 unspecified atom stereocenters. The monoisotopic (exact) mass is 230 g/mol. The van der Waals surface area contributed by atoms with E-state index in [9.17, 15) is 4.79 Å². The lowest BCUT2D eigenvalue weighted by Gasteiger charge is -2.02. The Morgan fingerprint density at radius 1 is 1.35 bits per heavy atom. The summed E-state index contributed by atoms with van der Waals surface area (Å²) >= 11 is 0. The van der Waals surface area contributed by atoms with Crippen molar-refractivity contribution in [3.63, 3.8) is 0 Å². The third-order valence-electron chi connectivity index (χ3n) is 2.73. The number of hydrogen-bond acceptors (Lipinski definition) is 1. The first-order valence-corrected chi connectivity index (χ1v) is 5.94. The fourth-order valence-corrected chi connectivity index (χ4v) is 1.95. The number of hydrogen-bond donors (Lipinski definition) is 1. The molecular weight excluding hydrogens is 212 g/mol. The summed E-state index contributed by atoms with van der Waals surface area (Å²) in [6.45, 7) is 6.25. The van der Waals surface area contributed by atoms with Gasteiger partial charge in [-0.3, -0.25) is 9.89 Å². The van der Waals surface area contributed by atoms with Gasteiger partial charge in [0, 0.05) is 11.8 Å². The molecule has 0 atom stereocenters. The lowest BCUT2D eigenvalue weighted by atomic mass is 10.1. The Kier molecular flexibility index (Phi) is 3.18. The number of aromatic amines is 1. The van der Waals surface area contributed by atoms with Crippen molar-refractivity contribution in [2.75, 3.05) is 0 Å². The highest BCUT2D eigenvalue weighted by Crippen LogP contribution is 2.08. The van der Waals surface area contributed by atoms with E-state index >= 15 is 0 Å². The van der Waals surface area contributed by atoms with E-state index < -0.39 is 0 Å². The van der Waals surface area contributed by atoms with Crippen LogP contribution in [0.2, 0.25) is 0 Å². The van der Waals surface area contributed by atoms with Crippen molar-refractivity contribution in [2.45, 2.75) is 27.2 Å². The molecule has 0 saturated carbocycles. The van der Waals surface area contributed by atoms with Gasteiger partial charge in [-0.05, 0) is 37.0 Å². The molecule has 3 nitrogen and oxygen atoms in total. The predicted molar refractivity (Wildman–Crippen MR) is 69.7 cm³/mol. The van der Waals surface area contributed by atoms with E-state index in [1.807, 2.05) is 37.4 Å². The second kappa shape index (κ2) is 4.62. The lowest BCUT2D eigenvalue weighted by Crippen LogP contribution is -2.18. The maximum atomic E-state index is 12.1. The van der Waals surface area contributed by atoms with Crippen LogP contribution in [0.1, 0.15) is 25.0 Å². The molecule has 0 aliphatic rings. The van der Waals surface area contributed by atoms with Crippen molar-refractivity contribution in [2.24, 2.45) is 5.92 Å². The van der Waals surface area contributed by atoms with E-state index in [0.29, 0.717) is 5.92 Å². The van der Waals surface area contributed by atoms with Gasteiger partial charge in [0.2, 0.25) is 0 Å². The minimum absolute atomic E-state index is 0.0595. The molecule has 0 radical (unpaired) electrons. The smallest absolute Gasteiger partial charge is 0.274 e. The molecule has 0 aliphatic carbocycles. The zero-order valence-electron chi connectivity index (χ0n) is 10.5. The molecule has 0 bridgehead atoms. The number of rotatable bonds is 3. The molecule has 1 aromatic heterocycles. The Balaban J connectivity index is 2.41. The Labute approximate surface area is 101 Å². The van der Waals surface area contributed by atoms with Gasteiger partial charge >= 0.3 is 0 Å². The summed E-state index contributed by atoms with van der Waals surface area (Å²) < 4.78 is 1.60. The molecule has 0 saturated heterocycles. The Bertz CT molecular complexity index is 564. The van der Waals surface area contributed by atoms with Gasteiger partial charge in [-0.2, -0.15) is 0 Å². The van der Waals surface area contributed by atoms with E-state index in [1.165, 1.54) is 0 Å². The lowest BCUT2D eigenvalue weighted by molar-refractivity contribution is 0.644. The number of H-pyrrole nitrogens is 1. The fraction of sp³-hybridized carbons (Fsp3) is 0.357. The van der Waals surface area contributed by atoms with Crippen molar-refractivity contribution >= 4 is 0 Å². The van der Waals surface area contributed by atoms with Crippen molar-refractivity contribution < 1.29 is 0 Å². The van der Waals surface area contributed by atoms with E-state index in [2.05, 4.69) is 18.9 Å². The molecule has 2 aromatic rings. The highest BCUT2D eigenvalue weighted by molar-refractivity contribution is 5.35. The Morgan fingerprint density at radius 3 is 2.76 bits per heavy atom. The summed E-state index contributed by atoms with van der Waals surface area (Å²) in [5.74, 6) is 0.490. The Morgan fingerprint density at radius 2 is 2.12 bits per heavy atom. The van der Waals surface area contributed by atoms with Crippen LogP contribution in [0.4, 0.5) is 0 Å². The van der Waals surface area contributed by atoms with Crippen molar-refractivity contribution in [1.29, 1.82) is 0 Å². The highest BCUT2D eigenvalue weighted by atomic mass is 16.1. The quantitative estimate of drug-likeness (QED) is 0.865. The minimum Gasteiger partial charge on any atom is -0.298 e.